The van der Waals surface area contributed by atoms with Gasteiger partial charge in [-0.25, -0.2) is 4.79 Å². The predicted octanol–water partition coefficient (Wildman–Crippen LogP) is 4.37. The summed E-state index contributed by atoms with van der Waals surface area (Å²) in [6.45, 7) is 6.75. The van der Waals surface area contributed by atoms with E-state index in [1.54, 1.807) is 13.0 Å². The van der Waals surface area contributed by atoms with Crippen LogP contribution in [0.1, 0.15) is 12.5 Å². The molecule has 0 fully saturated rings. The zero-order valence-electron chi connectivity index (χ0n) is 15.7. The lowest BCUT2D eigenvalue weighted by Crippen LogP contribution is -2.10. The molecule has 0 saturated carbocycles. The molecule has 2 rings (SSSR count). The number of carbonyl (C=O) groups is 1. The lowest BCUT2D eigenvalue weighted by atomic mass is 10.0. The van der Waals surface area contributed by atoms with E-state index in [0.717, 1.165) is 22.5 Å². The van der Waals surface area contributed by atoms with Crippen LogP contribution in [0.15, 0.2) is 72.8 Å². The quantitative estimate of drug-likeness (QED) is 0.436. The average Bonchev–Trinajstić information content (AvgIpc) is 2.65. The van der Waals surface area contributed by atoms with Crippen LogP contribution in [0.5, 0.6) is 0 Å². The molecule has 2 aromatic rings. The van der Waals surface area contributed by atoms with Crippen LogP contribution < -0.4 is 10.2 Å². The fraction of sp³-hybridized carbons (Fsp3) is 0.227. The van der Waals surface area contributed by atoms with E-state index in [1.807, 2.05) is 73.6 Å². The Morgan fingerprint density at radius 1 is 1.12 bits per heavy atom. The molecule has 1 N–H and O–H groups in total. The summed E-state index contributed by atoms with van der Waals surface area (Å²) in [5, 5.41) is 3.29. The molecular formula is C22H26N2O2. The molecule has 0 saturated heterocycles. The number of carbonyl (C=O) groups excluding carboxylic acids is 1. The minimum Gasteiger partial charge on any atom is -0.462 e. The molecule has 0 radical (unpaired) electrons. The van der Waals surface area contributed by atoms with Gasteiger partial charge in [0, 0.05) is 32.0 Å². The van der Waals surface area contributed by atoms with Gasteiger partial charge in [-0.3, -0.25) is 0 Å². The summed E-state index contributed by atoms with van der Waals surface area (Å²) in [6, 6.07) is 17.7. The Balaban J connectivity index is 2.18. The summed E-state index contributed by atoms with van der Waals surface area (Å²) in [4.78, 5) is 14.4. The van der Waals surface area contributed by atoms with Crippen LogP contribution in [0.25, 0.3) is 5.57 Å². The fourth-order valence-corrected chi connectivity index (χ4v) is 2.43. The highest BCUT2D eigenvalue weighted by Gasteiger charge is 2.14. The van der Waals surface area contributed by atoms with Crippen LogP contribution in [0.4, 0.5) is 11.4 Å². The first-order valence-electron chi connectivity index (χ1n) is 8.64. The number of benzene rings is 2. The molecule has 0 aliphatic heterocycles. The molecule has 0 bridgehead atoms. The third-order valence-electron chi connectivity index (χ3n) is 3.83. The van der Waals surface area contributed by atoms with E-state index in [9.17, 15) is 4.79 Å². The zero-order chi connectivity index (χ0) is 18.9. The summed E-state index contributed by atoms with van der Waals surface area (Å²) >= 11 is 0. The number of anilines is 2. The highest BCUT2D eigenvalue weighted by molar-refractivity contribution is 6.17. The Bertz CT molecular complexity index is 762. The summed E-state index contributed by atoms with van der Waals surface area (Å²) in [6.07, 6.45) is 1.79. The maximum Gasteiger partial charge on any atom is 0.338 e. The Morgan fingerprint density at radius 2 is 1.77 bits per heavy atom. The number of hydrogen-bond acceptors (Lipinski definition) is 4. The van der Waals surface area contributed by atoms with E-state index >= 15 is 0 Å². The van der Waals surface area contributed by atoms with E-state index in [2.05, 4.69) is 11.9 Å². The summed E-state index contributed by atoms with van der Waals surface area (Å²) < 4.78 is 5.22. The molecule has 0 aromatic heterocycles. The number of nitrogens with one attached hydrogen (secondary N) is 1. The van der Waals surface area contributed by atoms with Gasteiger partial charge in [-0.2, -0.15) is 0 Å². The molecule has 4 heteroatoms. The van der Waals surface area contributed by atoms with Crippen LogP contribution in [0, 0.1) is 0 Å². The minimum absolute atomic E-state index is 0.334. The maximum absolute atomic E-state index is 12.4. The summed E-state index contributed by atoms with van der Waals surface area (Å²) in [5.41, 5.74) is 4.21. The van der Waals surface area contributed by atoms with Gasteiger partial charge >= 0.3 is 5.97 Å². The Kier molecular flexibility index (Phi) is 7.03. The highest BCUT2D eigenvalue weighted by atomic mass is 16.5. The second-order valence-electron chi connectivity index (χ2n) is 6.10. The largest absolute Gasteiger partial charge is 0.462 e. The fourth-order valence-electron chi connectivity index (χ4n) is 2.43. The average molecular weight is 350 g/mol. The number of esters is 1. The molecule has 0 spiro atoms. The molecule has 2 aromatic carbocycles. The van der Waals surface area contributed by atoms with E-state index < -0.39 is 0 Å². The van der Waals surface area contributed by atoms with Crippen molar-refractivity contribution in [3.8, 4) is 0 Å². The first kappa shape index (κ1) is 19.3. The van der Waals surface area contributed by atoms with Gasteiger partial charge in [0.05, 0.1) is 12.2 Å². The number of ether oxygens (including phenoxy) is 1. The Morgan fingerprint density at radius 3 is 2.35 bits per heavy atom. The van der Waals surface area contributed by atoms with Gasteiger partial charge in [-0.15, -0.1) is 0 Å². The smallest absolute Gasteiger partial charge is 0.338 e. The number of nitrogens with zero attached hydrogens (tertiary/aromatic N) is 1. The van der Waals surface area contributed by atoms with Gasteiger partial charge in [0.25, 0.3) is 0 Å². The van der Waals surface area contributed by atoms with E-state index in [0.29, 0.717) is 18.7 Å². The second-order valence-corrected chi connectivity index (χ2v) is 6.10. The minimum atomic E-state index is -0.342. The molecule has 0 atom stereocenters. The molecule has 0 amide bonds. The number of para-hydroxylation sites is 1. The zero-order valence-corrected chi connectivity index (χ0v) is 15.7. The van der Waals surface area contributed by atoms with Crippen molar-refractivity contribution in [2.45, 2.75) is 6.92 Å². The first-order chi connectivity index (χ1) is 12.5. The standard InChI is InChI=1S/C22H26N2O2/c1-5-26-22(25)21(18-11-13-20(14-12-18)24(3)4)15-17(2)16-23-19-9-7-6-8-10-19/h6-15,23H,2,5,16H2,1,3-4H3/b21-15-. The highest BCUT2D eigenvalue weighted by Crippen LogP contribution is 2.22. The van der Waals surface area contributed by atoms with Gasteiger partial charge in [-0.1, -0.05) is 36.9 Å². The SMILES string of the molecule is C=C(/C=C(\C(=O)OCC)c1ccc(N(C)C)cc1)CNc1ccccc1. The van der Waals surface area contributed by atoms with Crippen molar-refractivity contribution in [2.75, 3.05) is 37.5 Å². The summed E-state index contributed by atoms with van der Waals surface area (Å²) in [7, 11) is 3.96. The van der Waals surface area contributed by atoms with E-state index in [1.165, 1.54) is 0 Å². The van der Waals surface area contributed by atoms with Crippen molar-refractivity contribution < 1.29 is 9.53 Å². The van der Waals surface area contributed by atoms with E-state index in [4.69, 9.17) is 4.74 Å². The molecular weight excluding hydrogens is 324 g/mol. The van der Waals surface area contributed by atoms with Gasteiger partial charge in [0.2, 0.25) is 0 Å². The van der Waals surface area contributed by atoms with Crippen molar-refractivity contribution in [3.63, 3.8) is 0 Å². The van der Waals surface area contributed by atoms with Crippen molar-refractivity contribution in [2.24, 2.45) is 0 Å². The lowest BCUT2D eigenvalue weighted by molar-refractivity contribution is -0.136. The lowest BCUT2D eigenvalue weighted by Gasteiger charge is -2.14. The molecule has 0 heterocycles. The van der Waals surface area contributed by atoms with Crippen LogP contribution in [0.2, 0.25) is 0 Å². The third-order valence-corrected chi connectivity index (χ3v) is 3.83. The van der Waals surface area contributed by atoms with Crippen LogP contribution in [-0.4, -0.2) is 33.2 Å². The van der Waals surface area contributed by atoms with Gasteiger partial charge < -0.3 is 15.0 Å². The van der Waals surface area contributed by atoms with Gasteiger partial charge in [0.1, 0.15) is 0 Å². The van der Waals surface area contributed by atoms with Gasteiger partial charge in [0.15, 0.2) is 0 Å². The molecule has 0 aliphatic carbocycles. The number of rotatable bonds is 8. The van der Waals surface area contributed by atoms with E-state index in [-0.39, 0.29) is 5.97 Å². The molecule has 4 nitrogen and oxygen atoms in total. The Hall–Kier alpha value is -3.01. The first-order valence-corrected chi connectivity index (χ1v) is 8.64. The molecule has 26 heavy (non-hydrogen) atoms. The van der Waals surface area contributed by atoms with Crippen LogP contribution in [-0.2, 0) is 9.53 Å². The van der Waals surface area contributed by atoms with Crippen molar-refractivity contribution in [1.29, 1.82) is 0 Å². The summed E-state index contributed by atoms with van der Waals surface area (Å²) in [5.74, 6) is -0.342. The maximum atomic E-state index is 12.4. The normalized spacial score (nSPS) is 11.0. The molecule has 0 unspecified atom stereocenters. The predicted molar refractivity (Wildman–Crippen MR) is 109 cm³/mol. The third kappa shape index (κ3) is 5.52. The van der Waals surface area contributed by atoms with Crippen LogP contribution >= 0.6 is 0 Å². The monoisotopic (exact) mass is 350 g/mol. The molecule has 0 aliphatic rings. The van der Waals surface area contributed by atoms with Crippen molar-refractivity contribution >= 4 is 22.9 Å². The topological polar surface area (TPSA) is 41.6 Å². The number of hydrogen-bond donors (Lipinski definition) is 1. The van der Waals surface area contributed by atoms with Gasteiger partial charge in [-0.05, 0) is 48.4 Å². The van der Waals surface area contributed by atoms with Crippen LogP contribution in [0.3, 0.4) is 0 Å². The second kappa shape index (κ2) is 9.47. The Labute approximate surface area is 155 Å². The molecule has 136 valence electrons. The van der Waals surface area contributed by atoms with Crippen molar-refractivity contribution in [1.82, 2.24) is 0 Å². The van der Waals surface area contributed by atoms with Crippen molar-refractivity contribution in [3.05, 3.63) is 78.4 Å².